The highest BCUT2D eigenvalue weighted by Crippen LogP contribution is 2.35. The molecule has 0 spiro atoms. The largest absolute Gasteiger partial charge is 0.588 e. The number of nitrogens with one attached hydrogen (secondary N) is 1. The lowest BCUT2D eigenvalue weighted by molar-refractivity contribution is 0.0956. The van der Waals surface area contributed by atoms with E-state index in [0.717, 1.165) is 25.1 Å². The Morgan fingerprint density at radius 1 is 1.08 bits per heavy atom. The van der Waals surface area contributed by atoms with Gasteiger partial charge in [-0.3, -0.25) is 4.79 Å². The fourth-order valence-electron chi connectivity index (χ4n) is 3.93. The second-order valence-corrected chi connectivity index (χ2v) is 9.43. The highest BCUT2D eigenvalue weighted by Gasteiger charge is 2.29. The van der Waals surface area contributed by atoms with E-state index in [1.807, 2.05) is 35.2 Å². The van der Waals surface area contributed by atoms with E-state index >= 15 is 0 Å². The minimum absolute atomic E-state index is 0.140. The van der Waals surface area contributed by atoms with Crippen molar-refractivity contribution in [3.63, 3.8) is 0 Å². The van der Waals surface area contributed by atoms with Crippen LogP contribution in [0.1, 0.15) is 29.5 Å². The van der Waals surface area contributed by atoms with E-state index < -0.39 is 23.1 Å². The van der Waals surface area contributed by atoms with Crippen LogP contribution in [0.25, 0.3) is 11.0 Å². The average molecular weight is 509 g/mol. The average Bonchev–Trinajstić information content (AvgIpc) is 3.28. The predicted molar refractivity (Wildman–Crippen MR) is 135 cm³/mol. The van der Waals surface area contributed by atoms with Crippen LogP contribution in [0, 0.1) is 5.82 Å². The first-order chi connectivity index (χ1) is 17.5. The van der Waals surface area contributed by atoms with Crippen molar-refractivity contribution in [1.29, 1.82) is 0 Å². The van der Waals surface area contributed by atoms with Gasteiger partial charge in [0.25, 0.3) is 4.90 Å². The number of furan rings is 1. The zero-order valence-electron chi connectivity index (χ0n) is 19.7. The first-order valence-corrected chi connectivity index (χ1v) is 12.8. The quantitative estimate of drug-likeness (QED) is 0.312. The molecule has 0 saturated carbocycles. The number of carbonyl (C=O) groups is 1. The number of carbonyl (C=O) groups excluding carboxylic acids is 1. The topological polar surface area (TPSA) is 87.0 Å². The van der Waals surface area contributed by atoms with Crippen molar-refractivity contribution in [3.05, 3.63) is 83.9 Å². The van der Waals surface area contributed by atoms with Crippen molar-refractivity contribution in [2.75, 3.05) is 24.6 Å². The van der Waals surface area contributed by atoms with Gasteiger partial charge in [0, 0.05) is 30.9 Å². The van der Waals surface area contributed by atoms with Gasteiger partial charge in [0.2, 0.25) is 0 Å². The summed E-state index contributed by atoms with van der Waals surface area (Å²) < 4.78 is 47.7. The van der Waals surface area contributed by atoms with Crippen LogP contribution in [0.5, 0.6) is 11.5 Å². The highest BCUT2D eigenvalue weighted by molar-refractivity contribution is 7.90. The van der Waals surface area contributed by atoms with Gasteiger partial charge >= 0.3 is 5.91 Å². The van der Waals surface area contributed by atoms with Gasteiger partial charge in [-0.15, -0.1) is 0 Å². The van der Waals surface area contributed by atoms with E-state index in [0.29, 0.717) is 23.8 Å². The maximum Gasteiger partial charge on any atom is 0.328 e. The molecule has 9 heteroatoms. The van der Waals surface area contributed by atoms with E-state index in [1.54, 1.807) is 31.2 Å². The molecule has 1 aliphatic heterocycles. The molecule has 1 atom stereocenters. The van der Waals surface area contributed by atoms with E-state index in [4.69, 9.17) is 13.9 Å². The molecule has 186 valence electrons. The maximum absolute atomic E-state index is 14.7. The number of halogens is 1. The molecular formula is C27H25FN2O5S. The summed E-state index contributed by atoms with van der Waals surface area (Å²) in [5.41, 5.74) is 1.90. The van der Waals surface area contributed by atoms with Crippen LogP contribution in [0.3, 0.4) is 0 Å². The second kappa shape index (κ2) is 10.5. The summed E-state index contributed by atoms with van der Waals surface area (Å²) in [5.74, 6) is -0.708. The smallest absolute Gasteiger partial charge is 0.328 e. The fourth-order valence-corrected chi connectivity index (χ4v) is 4.92. The number of amides is 1. The van der Waals surface area contributed by atoms with E-state index in [1.165, 1.54) is 12.1 Å². The molecule has 1 unspecified atom stereocenters. The molecule has 3 aromatic carbocycles. The normalized spacial score (nSPS) is 13.8. The zero-order chi connectivity index (χ0) is 25.1. The third-order valence-corrected chi connectivity index (χ3v) is 7.01. The Balaban J connectivity index is 1.38. The minimum atomic E-state index is -2.04. The second-order valence-electron chi connectivity index (χ2n) is 8.28. The predicted octanol–water partition coefficient (Wildman–Crippen LogP) is 5.21. The Bertz CT molecular complexity index is 1370. The summed E-state index contributed by atoms with van der Waals surface area (Å²) in [6.07, 6.45) is 1.05. The Morgan fingerprint density at radius 2 is 1.83 bits per heavy atom. The summed E-state index contributed by atoms with van der Waals surface area (Å²) in [6, 6.07) is 19.1. The number of hydrogen-bond donors (Lipinski definition) is 1. The van der Waals surface area contributed by atoms with Crippen LogP contribution in [0.4, 0.5) is 10.1 Å². The summed E-state index contributed by atoms with van der Waals surface area (Å²) in [7, 11) is 0. The third-order valence-electron chi connectivity index (χ3n) is 5.87. The molecule has 1 saturated heterocycles. The van der Waals surface area contributed by atoms with Crippen molar-refractivity contribution in [2.45, 2.75) is 24.8 Å². The van der Waals surface area contributed by atoms with Gasteiger partial charge in [0.05, 0.1) is 12.0 Å². The Morgan fingerprint density at radius 3 is 2.53 bits per heavy atom. The molecule has 7 nitrogen and oxygen atoms in total. The summed E-state index contributed by atoms with van der Waals surface area (Å²) in [4.78, 5) is 15.2. The van der Waals surface area contributed by atoms with Crippen molar-refractivity contribution in [3.8, 4) is 11.5 Å². The molecule has 1 fully saturated rings. The monoisotopic (exact) mass is 508 g/mol. The number of nitrogens with zero attached hydrogens (tertiary/aromatic N) is 1. The molecule has 0 bridgehead atoms. The molecule has 1 N–H and O–H groups in total. The van der Waals surface area contributed by atoms with Gasteiger partial charge in [-0.05, 0) is 37.1 Å². The molecule has 0 radical (unpaired) electrons. The van der Waals surface area contributed by atoms with E-state index in [9.17, 15) is 13.7 Å². The molecule has 5 rings (SSSR count). The van der Waals surface area contributed by atoms with Gasteiger partial charge in [-0.1, -0.05) is 36.4 Å². The number of ether oxygens (including phenoxy) is 2. The number of anilines is 1. The van der Waals surface area contributed by atoms with Crippen LogP contribution in [-0.2, 0) is 18.0 Å². The van der Waals surface area contributed by atoms with Crippen molar-refractivity contribution in [2.24, 2.45) is 0 Å². The number of rotatable bonds is 9. The van der Waals surface area contributed by atoms with Crippen LogP contribution < -0.4 is 19.1 Å². The van der Waals surface area contributed by atoms with Crippen molar-refractivity contribution < 1.29 is 27.6 Å². The molecule has 36 heavy (non-hydrogen) atoms. The van der Waals surface area contributed by atoms with E-state index in [2.05, 4.69) is 4.72 Å². The van der Waals surface area contributed by atoms with Gasteiger partial charge in [-0.2, -0.15) is 4.72 Å². The van der Waals surface area contributed by atoms with Crippen molar-refractivity contribution >= 4 is 33.9 Å². The zero-order valence-corrected chi connectivity index (χ0v) is 20.5. The lowest BCUT2D eigenvalue weighted by atomic mass is 10.1. The van der Waals surface area contributed by atoms with Gasteiger partial charge in [-0.25, -0.2) is 4.39 Å². The lowest BCUT2D eigenvalue weighted by Gasteiger charge is -2.33. The third kappa shape index (κ3) is 4.98. The summed E-state index contributed by atoms with van der Waals surface area (Å²) in [5, 5.41) is 0.191. The van der Waals surface area contributed by atoms with Crippen LogP contribution >= 0.6 is 0 Å². The summed E-state index contributed by atoms with van der Waals surface area (Å²) in [6.45, 7) is 4.09. The Hall–Kier alpha value is -3.69. The Labute approximate surface area is 211 Å². The van der Waals surface area contributed by atoms with Crippen molar-refractivity contribution in [1.82, 2.24) is 4.72 Å². The molecular weight excluding hydrogens is 483 g/mol. The number of hydrogen-bond acceptors (Lipinski definition) is 6. The standard InChI is InChI=1S/C27H25FN2O5S/c1-2-33-22-10-6-11-23(34-17-18-8-4-3-5-9-18)26(22)36(32)29-27(31)25-16-20-21(28)14-19(15-24(20)35-25)30-12-7-13-30/h3-6,8-11,14-16H,2,7,12-13,17H2,1H3,(H,29,31). The van der Waals surface area contributed by atoms with Crippen LogP contribution in [0.15, 0.2) is 76.0 Å². The number of benzene rings is 3. The van der Waals surface area contributed by atoms with E-state index in [-0.39, 0.29) is 28.2 Å². The molecule has 1 aliphatic rings. The van der Waals surface area contributed by atoms with Crippen LogP contribution in [0.2, 0.25) is 0 Å². The maximum atomic E-state index is 14.7. The highest BCUT2D eigenvalue weighted by atomic mass is 32.2. The summed E-state index contributed by atoms with van der Waals surface area (Å²) >= 11 is -2.04. The first kappa shape index (κ1) is 24.0. The SMILES string of the molecule is CCOc1cccc(OCc2ccccc2)c1[S+]([O-])NC(=O)c1cc2c(F)cc(N3CCC3)cc2o1. The van der Waals surface area contributed by atoms with Gasteiger partial charge in [0.1, 0.15) is 29.4 Å². The lowest BCUT2D eigenvalue weighted by Crippen LogP contribution is -2.36. The molecule has 0 aliphatic carbocycles. The first-order valence-electron chi connectivity index (χ1n) is 11.7. The fraction of sp³-hybridized carbons (Fsp3) is 0.222. The van der Waals surface area contributed by atoms with Crippen LogP contribution in [-0.4, -0.2) is 30.2 Å². The molecule has 1 aromatic heterocycles. The molecule has 4 aromatic rings. The molecule has 1 amide bonds. The van der Waals surface area contributed by atoms with Gasteiger partial charge < -0.3 is 23.3 Å². The molecule has 2 heterocycles. The van der Waals surface area contributed by atoms with Gasteiger partial charge in [0.15, 0.2) is 17.3 Å². The Kier molecular flexibility index (Phi) is 7.02. The minimum Gasteiger partial charge on any atom is -0.588 e. The number of fused-ring (bicyclic) bond motifs is 1.